The summed E-state index contributed by atoms with van der Waals surface area (Å²) in [5, 5.41) is 0. The predicted octanol–water partition coefficient (Wildman–Crippen LogP) is 2.36. The molecule has 2 atom stereocenters. The number of nitrogens with zero attached hydrogens (tertiary/aromatic N) is 1. The molecule has 0 saturated heterocycles. The van der Waals surface area contributed by atoms with E-state index in [0.29, 0.717) is 19.0 Å². The lowest BCUT2D eigenvalue weighted by Crippen LogP contribution is -2.48. The van der Waals surface area contributed by atoms with E-state index in [1.165, 1.54) is 0 Å². The third-order valence-electron chi connectivity index (χ3n) is 4.40. The van der Waals surface area contributed by atoms with Crippen LogP contribution < -0.4 is 5.73 Å². The van der Waals surface area contributed by atoms with E-state index in [9.17, 15) is 8.42 Å². The van der Waals surface area contributed by atoms with E-state index in [1.807, 2.05) is 37.3 Å². The standard InChI is InChI=1S/C16H26N2O2S/c1-2-18(16-11-7-6-10-15(16)12-17)21(19,20)13-14-8-4-3-5-9-14/h3-5,8-9,15-16H,2,6-7,10-13,17H2,1H3. The highest BCUT2D eigenvalue weighted by atomic mass is 32.2. The van der Waals surface area contributed by atoms with Crippen LogP contribution in [0.25, 0.3) is 0 Å². The van der Waals surface area contributed by atoms with Crippen LogP contribution in [0.5, 0.6) is 0 Å². The Morgan fingerprint density at radius 3 is 2.48 bits per heavy atom. The van der Waals surface area contributed by atoms with Crippen molar-refractivity contribution in [3.05, 3.63) is 35.9 Å². The monoisotopic (exact) mass is 310 g/mol. The molecule has 1 saturated carbocycles. The molecule has 0 radical (unpaired) electrons. The predicted molar refractivity (Wildman–Crippen MR) is 86.2 cm³/mol. The Hall–Kier alpha value is -0.910. The quantitative estimate of drug-likeness (QED) is 0.877. The molecule has 2 unspecified atom stereocenters. The molecule has 1 aliphatic rings. The first-order valence-electron chi connectivity index (χ1n) is 7.82. The summed E-state index contributed by atoms with van der Waals surface area (Å²) >= 11 is 0. The van der Waals surface area contributed by atoms with E-state index < -0.39 is 10.0 Å². The highest BCUT2D eigenvalue weighted by Crippen LogP contribution is 2.30. The Morgan fingerprint density at radius 2 is 1.86 bits per heavy atom. The third kappa shape index (κ3) is 4.05. The smallest absolute Gasteiger partial charge is 0.218 e. The number of rotatable bonds is 6. The van der Waals surface area contributed by atoms with Gasteiger partial charge in [0.2, 0.25) is 10.0 Å². The lowest BCUT2D eigenvalue weighted by molar-refractivity contribution is 0.187. The number of hydrogen-bond acceptors (Lipinski definition) is 3. The summed E-state index contributed by atoms with van der Waals surface area (Å²) in [5.74, 6) is 0.374. The van der Waals surface area contributed by atoms with Gasteiger partial charge >= 0.3 is 0 Å². The first kappa shape index (κ1) is 16.5. The minimum absolute atomic E-state index is 0.0717. The second-order valence-electron chi connectivity index (χ2n) is 5.79. The van der Waals surface area contributed by atoms with Crippen LogP contribution in [0.4, 0.5) is 0 Å². The van der Waals surface area contributed by atoms with Crippen LogP contribution in [0.2, 0.25) is 0 Å². The van der Waals surface area contributed by atoms with Crippen molar-refractivity contribution in [2.24, 2.45) is 11.7 Å². The summed E-state index contributed by atoms with van der Waals surface area (Å²) in [6.45, 7) is 3.02. The van der Waals surface area contributed by atoms with Crippen molar-refractivity contribution < 1.29 is 8.42 Å². The summed E-state index contributed by atoms with van der Waals surface area (Å²) in [6.07, 6.45) is 4.23. The second kappa shape index (κ2) is 7.38. The van der Waals surface area contributed by atoms with Gasteiger partial charge in [-0.3, -0.25) is 0 Å². The van der Waals surface area contributed by atoms with Gasteiger partial charge in [-0.15, -0.1) is 0 Å². The van der Waals surface area contributed by atoms with Crippen LogP contribution in [0.1, 0.15) is 38.2 Å². The van der Waals surface area contributed by atoms with Gasteiger partial charge in [-0.2, -0.15) is 4.31 Å². The summed E-state index contributed by atoms with van der Waals surface area (Å²) in [7, 11) is -3.29. The number of hydrogen-bond donors (Lipinski definition) is 1. The zero-order valence-electron chi connectivity index (χ0n) is 12.7. The average Bonchev–Trinajstić information content (AvgIpc) is 2.48. The van der Waals surface area contributed by atoms with E-state index >= 15 is 0 Å². The van der Waals surface area contributed by atoms with Gasteiger partial charge in [0.25, 0.3) is 0 Å². The lowest BCUT2D eigenvalue weighted by atomic mass is 9.84. The first-order chi connectivity index (χ1) is 10.1. The maximum absolute atomic E-state index is 12.8. The molecule has 0 heterocycles. The maximum Gasteiger partial charge on any atom is 0.218 e. The number of nitrogens with two attached hydrogens (primary N) is 1. The number of sulfonamides is 1. The molecule has 1 aliphatic carbocycles. The van der Waals surface area contributed by atoms with E-state index in [4.69, 9.17) is 5.73 Å². The van der Waals surface area contributed by atoms with Gasteiger partial charge in [0.1, 0.15) is 0 Å². The Kier molecular flexibility index (Phi) is 5.79. The molecular formula is C16H26N2O2S. The van der Waals surface area contributed by atoms with E-state index in [2.05, 4.69) is 0 Å². The fourth-order valence-electron chi connectivity index (χ4n) is 3.35. The largest absolute Gasteiger partial charge is 0.330 e. The van der Waals surface area contributed by atoms with Crippen molar-refractivity contribution in [1.29, 1.82) is 0 Å². The van der Waals surface area contributed by atoms with Crippen LogP contribution in [-0.2, 0) is 15.8 Å². The van der Waals surface area contributed by atoms with Crippen molar-refractivity contribution in [3.8, 4) is 0 Å². The highest BCUT2D eigenvalue weighted by molar-refractivity contribution is 7.88. The Balaban J connectivity index is 2.18. The van der Waals surface area contributed by atoms with Gasteiger partial charge < -0.3 is 5.73 Å². The van der Waals surface area contributed by atoms with Crippen molar-refractivity contribution in [2.45, 2.75) is 44.4 Å². The van der Waals surface area contributed by atoms with Crippen LogP contribution in [0.3, 0.4) is 0 Å². The molecular weight excluding hydrogens is 284 g/mol. The van der Waals surface area contributed by atoms with Gasteiger partial charge in [0.05, 0.1) is 5.75 Å². The molecule has 21 heavy (non-hydrogen) atoms. The van der Waals surface area contributed by atoms with E-state index in [-0.39, 0.29) is 11.8 Å². The molecule has 2 N–H and O–H groups in total. The average molecular weight is 310 g/mol. The van der Waals surface area contributed by atoms with E-state index in [0.717, 1.165) is 31.2 Å². The minimum Gasteiger partial charge on any atom is -0.330 e. The molecule has 0 bridgehead atoms. The van der Waals surface area contributed by atoms with Gasteiger partial charge in [-0.25, -0.2) is 8.42 Å². The Bertz CT molecular complexity index is 530. The molecule has 5 heteroatoms. The molecule has 0 amide bonds. The molecule has 118 valence electrons. The van der Waals surface area contributed by atoms with Gasteiger partial charge in [0, 0.05) is 12.6 Å². The van der Waals surface area contributed by atoms with E-state index in [1.54, 1.807) is 4.31 Å². The molecule has 0 aliphatic heterocycles. The SMILES string of the molecule is CCN(C1CCCCC1CN)S(=O)(=O)Cc1ccccc1. The topological polar surface area (TPSA) is 63.4 Å². The summed E-state index contributed by atoms with van der Waals surface area (Å²) in [6, 6.07) is 9.47. The molecule has 1 fully saturated rings. The highest BCUT2D eigenvalue weighted by Gasteiger charge is 2.35. The Labute approximate surface area is 128 Å². The van der Waals surface area contributed by atoms with Crippen molar-refractivity contribution >= 4 is 10.0 Å². The molecule has 2 rings (SSSR count). The van der Waals surface area contributed by atoms with Crippen LogP contribution in [0.15, 0.2) is 30.3 Å². The molecule has 1 aromatic carbocycles. The summed E-state index contributed by atoms with van der Waals surface area (Å²) in [5.41, 5.74) is 6.70. The van der Waals surface area contributed by atoms with Crippen LogP contribution >= 0.6 is 0 Å². The van der Waals surface area contributed by atoms with Crippen LogP contribution in [-0.4, -0.2) is 31.9 Å². The minimum atomic E-state index is -3.29. The maximum atomic E-state index is 12.8. The first-order valence-corrected chi connectivity index (χ1v) is 9.43. The van der Waals surface area contributed by atoms with Gasteiger partial charge in [-0.05, 0) is 30.9 Å². The zero-order chi connectivity index (χ0) is 15.3. The fourth-order valence-corrected chi connectivity index (χ4v) is 5.21. The van der Waals surface area contributed by atoms with Gasteiger partial charge in [-0.1, -0.05) is 50.1 Å². The third-order valence-corrected chi connectivity index (χ3v) is 6.34. The number of benzene rings is 1. The summed E-state index contributed by atoms with van der Waals surface area (Å²) in [4.78, 5) is 0. The molecule has 0 spiro atoms. The molecule has 0 aromatic heterocycles. The van der Waals surface area contributed by atoms with Gasteiger partial charge in [0.15, 0.2) is 0 Å². The van der Waals surface area contributed by atoms with Crippen molar-refractivity contribution in [2.75, 3.05) is 13.1 Å². The molecule has 4 nitrogen and oxygen atoms in total. The fraction of sp³-hybridized carbons (Fsp3) is 0.625. The van der Waals surface area contributed by atoms with Crippen molar-refractivity contribution in [3.63, 3.8) is 0 Å². The van der Waals surface area contributed by atoms with Crippen LogP contribution in [0, 0.1) is 5.92 Å². The lowest BCUT2D eigenvalue weighted by Gasteiger charge is -2.38. The molecule has 1 aromatic rings. The second-order valence-corrected chi connectivity index (χ2v) is 7.71. The summed E-state index contributed by atoms with van der Waals surface area (Å²) < 4.78 is 27.2. The normalized spacial score (nSPS) is 23.4. The zero-order valence-corrected chi connectivity index (χ0v) is 13.6. The Morgan fingerprint density at radius 1 is 1.19 bits per heavy atom. The van der Waals surface area contributed by atoms with Crippen molar-refractivity contribution in [1.82, 2.24) is 4.31 Å².